The number of carbonyl (C=O) groups is 1. The second-order valence-corrected chi connectivity index (χ2v) is 10.7. The molecule has 0 atom stereocenters. The van der Waals surface area contributed by atoms with Gasteiger partial charge in [-0.05, 0) is 73.8 Å². The maximum atomic E-state index is 13.5. The minimum absolute atomic E-state index is 0.0634. The van der Waals surface area contributed by atoms with E-state index in [1.165, 1.54) is 30.1 Å². The van der Waals surface area contributed by atoms with Crippen molar-refractivity contribution in [3.05, 3.63) is 82.3 Å². The Balaban J connectivity index is 1.85. The van der Waals surface area contributed by atoms with E-state index in [1.54, 1.807) is 54.6 Å². The molecule has 0 radical (unpaired) electrons. The molecule has 184 valence electrons. The summed E-state index contributed by atoms with van der Waals surface area (Å²) in [7, 11) is -4.05. The number of halogens is 2. The average Bonchev–Trinajstić information content (AvgIpc) is 2.84. The van der Waals surface area contributed by atoms with E-state index < -0.39 is 22.5 Å². The standard InChI is InChI=1S/C24H23Cl2N3O4S2/c1-3-33-20-8-6-19(7-9-20)29(35(31,32)22-12-10-21(34-2)11-13-22)16-24(30)28-27-15-17-4-5-18(25)14-23(17)26/h4-15H,3,16H2,1-2H3,(H,28,30)/b27-15-. The largest absolute Gasteiger partial charge is 0.494 e. The van der Waals surface area contributed by atoms with Crippen molar-refractivity contribution in [2.75, 3.05) is 23.7 Å². The first-order valence-electron chi connectivity index (χ1n) is 10.4. The third-order valence-electron chi connectivity index (χ3n) is 4.73. The van der Waals surface area contributed by atoms with Crippen molar-refractivity contribution in [1.29, 1.82) is 0 Å². The molecule has 0 fully saturated rings. The Bertz CT molecular complexity index is 1300. The first-order chi connectivity index (χ1) is 16.7. The predicted octanol–water partition coefficient (Wildman–Crippen LogP) is 5.46. The highest BCUT2D eigenvalue weighted by Crippen LogP contribution is 2.27. The zero-order valence-corrected chi connectivity index (χ0v) is 22.1. The minimum atomic E-state index is -4.05. The number of ether oxygens (including phenoxy) is 1. The van der Waals surface area contributed by atoms with E-state index in [1.807, 2.05) is 13.2 Å². The van der Waals surface area contributed by atoms with Crippen LogP contribution in [0, 0.1) is 0 Å². The molecular weight excluding hydrogens is 529 g/mol. The van der Waals surface area contributed by atoms with E-state index >= 15 is 0 Å². The SMILES string of the molecule is CCOc1ccc(N(CC(=O)N/N=C\c2ccc(Cl)cc2Cl)S(=O)(=O)c2ccc(SC)cc2)cc1. The van der Waals surface area contributed by atoms with E-state index in [9.17, 15) is 13.2 Å². The van der Waals surface area contributed by atoms with Gasteiger partial charge in [0.05, 0.1) is 28.4 Å². The smallest absolute Gasteiger partial charge is 0.264 e. The lowest BCUT2D eigenvalue weighted by Crippen LogP contribution is -2.39. The number of anilines is 1. The van der Waals surface area contributed by atoms with E-state index in [0.717, 1.165) is 9.20 Å². The molecule has 0 spiro atoms. The van der Waals surface area contributed by atoms with Crippen molar-refractivity contribution >= 4 is 62.8 Å². The summed E-state index contributed by atoms with van der Waals surface area (Å²) in [5.41, 5.74) is 3.20. The number of hydrogen-bond donors (Lipinski definition) is 1. The number of nitrogens with one attached hydrogen (secondary N) is 1. The molecule has 0 aromatic heterocycles. The topological polar surface area (TPSA) is 88.1 Å². The van der Waals surface area contributed by atoms with Gasteiger partial charge in [-0.1, -0.05) is 29.3 Å². The molecule has 11 heteroatoms. The highest BCUT2D eigenvalue weighted by atomic mass is 35.5. The fourth-order valence-corrected chi connectivity index (χ4v) is 5.30. The van der Waals surface area contributed by atoms with Crippen LogP contribution in [0.5, 0.6) is 5.75 Å². The van der Waals surface area contributed by atoms with Crippen LogP contribution in [-0.4, -0.2) is 39.9 Å². The molecular formula is C24H23Cl2N3O4S2. The maximum Gasteiger partial charge on any atom is 0.264 e. The summed E-state index contributed by atoms with van der Waals surface area (Å²) in [5, 5.41) is 4.73. The molecule has 1 N–H and O–H groups in total. The van der Waals surface area contributed by atoms with Gasteiger partial charge in [0.15, 0.2) is 0 Å². The van der Waals surface area contributed by atoms with Crippen LogP contribution in [0.2, 0.25) is 10.0 Å². The molecule has 0 unspecified atom stereocenters. The van der Waals surface area contributed by atoms with Crippen LogP contribution in [-0.2, 0) is 14.8 Å². The molecule has 0 aliphatic carbocycles. The lowest BCUT2D eigenvalue weighted by molar-refractivity contribution is -0.119. The molecule has 1 amide bonds. The summed E-state index contributed by atoms with van der Waals surface area (Å²) in [6, 6.07) is 17.8. The Hall–Kier alpha value is -2.72. The molecule has 0 aliphatic rings. The summed E-state index contributed by atoms with van der Waals surface area (Å²) in [5.74, 6) is -0.0451. The van der Waals surface area contributed by atoms with Gasteiger partial charge in [-0.25, -0.2) is 13.8 Å². The van der Waals surface area contributed by atoms with E-state index in [2.05, 4.69) is 10.5 Å². The third kappa shape index (κ3) is 7.14. The van der Waals surface area contributed by atoms with Crippen molar-refractivity contribution in [2.45, 2.75) is 16.7 Å². The van der Waals surface area contributed by atoms with Gasteiger partial charge in [-0.15, -0.1) is 11.8 Å². The highest BCUT2D eigenvalue weighted by molar-refractivity contribution is 7.98. The number of carbonyl (C=O) groups excluding carboxylic acids is 1. The fourth-order valence-electron chi connectivity index (χ4n) is 3.01. The Kier molecular flexibility index (Phi) is 9.45. The fraction of sp³-hybridized carbons (Fsp3) is 0.167. The molecule has 3 aromatic carbocycles. The van der Waals surface area contributed by atoms with Crippen molar-refractivity contribution in [1.82, 2.24) is 5.43 Å². The van der Waals surface area contributed by atoms with E-state index in [4.69, 9.17) is 27.9 Å². The van der Waals surface area contributed by atoms with E-state index in [0.29, 0.717) is 33.7 Å². The normalized spacial score (nSPS) is 11.4. The molecule has 0 saturated heterocycles. The zero-order valence-electron chi connectivity index (χ0n) is 18.9. The summed E-state index contributed by atoms with van der Waals surface area (Å²) in [6.07, 6.45) is 3.26. The monoisotopic (exact) mass is 551 g/mol. The van der Waals surface area contributed by atoms with Gasteiger partial charge in [0, 0.05) is 15.5 Å². The minimum Gasteiger partial charge on any atom is -0.494 e. The van der Waals surface area contributed by atoms with Crippen molar-refractivity contribution in [3.63, 3.8) is 0 Å². The first kappa shape index (κ1) is 26.9. The third-order valence-corrected chi connectivity index (χ3v) is 7.82. The van der Waals surface area contributed by atoms with Gasteiger partial charge in [-0.2, -0.15) is 5.10 Å². The zero-order chi connectivity index (χ0) is 25.4. The van der Waals surface area contributed by atoms with E-state index in [-0.39, 0.29) is 4.90 Å². The van der Waals surface area contributed by atoms with Gasteiger partial charge in [-0.3, -0.25) is 9.10 Å². The molecule has 3 rings (SSSR count). The van der Waals surface area contributed by atoms with Crippen LogP contribution in [0.1, 0.15) is 12.5 Å². The van der Waals surface area contributed by atoms with Crippen LogP contribution in [0.25, 0.3) is 0 Å². The van der Waals surface area contributed by atoms with Gasteiger partial charge < -0.3 is 4.74 Å². The number of sulfonamides is 1. The van der Waals surface area contributed by atoms with Crippen LogP contribution >= 0.6 is 35.0 Å². The summed E-state index contributed by atoms with van der Waals surface area (Å²) in [6.45, 7) is 1.83. The molecule has 7 nitrogen and oxygen atoms in total. The molecule has 0 heterocycles. The molecule has 0 saturated carbocycles. The molecule has 0 bridgehead atoms. The molecule has 0 aliphatic heterocycles. The number of hydrogen-bond acceptors (Lipinski definition) is 6. The van der Waals surface area contributed by atoms with Crippen molar-refractivity contribution in [2.24, 2.45) is 5.10 Å². The molecule has 35 heavy (non-hydrogen) atoms. The molecule has 3 aromatic rings. The number of hydrazone groups is 1. The van der Waals surface area contributed by atoms with Gasteiger partial charge >= 0.3 is 0 Å². The van der Waals surface area contributed by atoms with Crippen LogP contribution in [0.4, 0.5) is 5.69 Å². The second kappa shape index (κ2) is 12.3. The van der Waals surface area contributed by atoms with Crippen molar-refractivity contribution in [3.8, 4) is 5.75 Å². The summed E-state index contributed by atoms with van der Waals surface area (Å²) >= 11 is 13.5. The first-order valence-corrected chi connectivity index (χ1v) is 13.8. The van der Waals surface area contributed by atoms with Crippen LogP contribution in [0.15, 0.2) is 81.6 Å². The quantitative estimate of drug-likeness (QED) is 0.205. The van der Waals surface area contributed by atoms with Crippen LogP contribution < -0.4 is 14.5 Å². The average molecular weight is 553 g/mol. The number of amides is 1. The number of nitrogens with zero attached hydrogens (tertiary/aromatic N) is 2. The highest BCUT2D eigenvalue weighted by Gasteiger charge is 2.27. The Morgan fingerprint density at radius 3 is 2.37 bits per heavy atom. The maximum absolute atomic E-state index is 13.5. The van der Waals surface area contributed by atoms with Crippen LogP contribution in [0.3, 0.4) is 0 Å². The van der Waals surface area contributed by atoms with Gasteiger partial charge in [0.2, 0.25) is 0 Å². The Labute approximate surface area is 219 Å². The Morgan fingerprint density at radius 1 is 1.09 bits per heavy atom. The number of benzene rings is 3. The lowest BCUT2D eigenvalue weighted by Gasteiger charge is -2.24. The summed E-state index contributed by atoms with van der Waals surface area (Å²) in [4.78, 5) is 13.7. The lowest BCUT2D eigenvalue weighted by atomic mass is 10.2. The van der Waals surface area contributed by atoms with Gasteiger partial charge in [0.1, 0.15) is 12.3 Å². The summed E-state index contributed by atoms with van der Waals surface area (Å²) < 4.78 is 33.4. The second-order valence-electron chi connectivity index (χ2n) is 7.07. The van der Waals surface area contributed by atoms with Crippen molar-refractivity contribution < 1.29 is 17.9 Å². The van der Waals surface area contributed by atoms with Gasteiger partial charge in [0.25, 0.3) is 15.9 Å². The number of thioether (sulfide) groups is 1. The predicted molar refractivity (Wildman–Crippen MR) is 143 cm³/mol. The number of rotatable bonds is 10. The Morgan fingerprint density at radius 2 is 1.77 bits per heavy atom.